The largest absolute Gasteiger partial charge is 0.393 e. The van der Waals surface area contributed by atoms with Crippen molar-refractivity contribution in [2.75, 3.05) is 25.0 Å². The fourth-order valence-corrected chi connectivity index (χ4v) is 3.56. The molecule has 1 amide bonds. The van der Waals surface area contributed by atoms with Gasteiger partial charge in [-0.2, -0.15) is 0 Å². The SMILES string of the molecule is O=C(CCN1CC2CCC(O)C2C1)Nc1cccc(F)c1. The van der Waals surface area contributed by atoms with Gasteiger partial charge in [-0.05, 0) is 37.0 Å². The van der Waals surface area contributed by atoms with Crippen LogP contribution in [0.15, 0.2) is 24.3 Å². The molecule has 0 radical (unpaired) electrons. The molecule has 1 aliphatic carbocycles. The van der Waals surface area contributed by atoms with Gasteiger partial charge in [0, 0.05) is 37.7 Å². The highest BCUT2D eigenvalue weighted by atomic mass is 19.1. The molecule has 2 N–H and O–H groups in total. The first-order chi connectivity index (χ1) is 10.1. The number of halogens is 1. The molecule has 1 saturated heterocycles. The number of amides is 1. The third-order valence-electron chi connectivity index (χ3n) is 4.66. The van der Waals surface area contributed by atoms with Crippen LogP contribution in [0.1, 0.15) is 19.3 Å². The molecule has 21 heavy (non-hydrogen) atoms. The molecule has 1 aromatic carbocycles. The average Bonchev–Trinajstić information content (AvgIpc) is 2.99. The predicted octanol–water partition coefficient (Wildman–Crippen LogP) is 1.86. The van der Waals surface area contributed by atoms with E-state index in [9.17, 15) is 14.3 Å². The summed E-state index contributed by atoms with van der Waals surface area (Å²) in [5.74, 6) is 0.523. The minimum Gasteiger partial charge on any atom is -0.393 e. The molecular weight excluding hydrogens is 271 g/mol. The van der Waals surface area contributed by atoms with Crippen molar-refractivity contribution < 1.29 is 14.3 Å². The van der Waals surface area contributed by atoms with Crippen LogP contribution >= 0.6 is 0 Å². The number of anilines is 1. The highest BCUT2D eigenvalue weighted by Crippen LogP contribution is 2.37. The summed E-state index contributed by atoms with van der Waals surface area (Å²) < 4.78 is 13.0. The van der Waals surface area contributed by atoms with Crippen molar-refractivity contribution in [3.63, 3.8) is 0 Å². The number of benzene rings is 1. The highest BCUT2D eigenvalue weighted by Gasteiger charge is 2.41. The summed E-state index contributed by atoms with van der Waals surface area (Å²) >= 11 is 0. The summed E-state index contributed by atoms with van der Waals surface area (Å²) in [4.78, 5) is 14.1. The maximum atomic E-state index is 13.0. The molecule has 3 atom stereocenters. The van der Waals surface area contributed by atoms with Gasteiger partial charge in [-0.15, -0.1) is 0 Å². The maximum absolute atomic E-state index is 13.0. The van der Waals surface area contributed by atoms with Crippen LogP contribution in [0.5, 0.6) is 0 Å². The van der Waals surface area contributed by atoms with E-state index in [1.807, 2.05) is 0 Å². The van der Waals surface area contributed by atoms with Gasteiger partial charge in [0.15, 0.2) is 0 Å². The number of hydrogen-bond acceptors (Lipinski definition) is 3. The fraction of sp³-hybridized carbons (Fsp3) is 0.562. The van der Waals surface area contributed by atoms with Crippen LogP contribution in [0.25, 0.3) is 0 Å². The molecule has 114 valence electrons. The lowest BCUT2D eigenvalue weighted by Crippen LogP contribution is -2.28. The highest BCUT2D eigenvalue weighted by molar-refractivity contribution is 5.90. The lowest BCUT2D eigenvalue weighted by atomic mass is 10.00. The molecule has 3 unspecified atom stereocenters. The van der Waals surface area contributed by atoms with E-state index in [2.05, 4.69) is 10.2 Å². The van der Waals surface area contributed by atoms with E-state index < -0.39 is 0 Å². The van der Waals surface area contributed by atoms with E-state index >= 15 is 0 Å². The minimum atomic E-state index is -0.353. The molecule has 0 spiro atoms. The summed E-state index contributed by atoms with van der Waals surface area (Å²) in [7, 11) is 0. The van der Waals surface area contributed by atoms with Crippen LogP contribution in [-0.2, 0) is 4.79 Å². The number of nitrogens with zero attached hydrogens (tertiary/aromatic N) is 1. The van der Waals surface area contributed by atoms with Crippen LogP contribution in [-0.4, -0.2) is 41.7 Å². The maximum Gasteiger partial charge on any atom is 0.225 e. The number of nitrogens with one attached hydrogen (secondary N) is 1. The first-order valence-corrected chi connectivity index (χ1v) is 7.57. The summed E-state index contributed by atoms with van der Waals surface area (Å²) in [6, 6.07) is 5.92. The Morgan fingerprint density at radius 2 is 2.24 bits per heavy atom. The van der Waals surface area contributed by atoms with Crippen molar-refractivity contribution in [2.24, 2.45) is 11.8 Å². The second-order valence-corrected chi connectivity index (χ2v) is 6.14. The lowest BCUT2D eigenvalue weighted by Gasteiger charge is -2.17. The minimum absolute atomic E-state index is 0.0989. The summed E-state index contributed by atoms with van der Waals surface area (Å²) in [5, 5.41) is 12.6. The lowest BCUT2D eigenvalue weighted by molar-refractivity contribution is -0.116. The van der Waals surface area contributed by atoms with Gasteiger partial charge in [0.2, 0.25) is 5.91 Å². The van der Waals surface area contributed by atoms with Gasteiger partial charge >= 0.3 is 0 Å². The van der Waals surface area contributed by atoms with E-state index in [1.165, 1.54) is 12.1 Å². The van der Waals surface area contributed by atoms with Gasteiger partial charge in [-0.1, -0.05) is 6.07 Å². The molecule has 2 fully saturated rings. The number of carbonyl (C=O) groups is 1. The molecule has 1 aliphatic heterocycles. The van der Waals surface area contributed by atoms with Crippen molar-refractivity contribution in [3.05, 3.63) is 30.1 Å². The van der Waals surface area contributed by atoms with Gasteiger partial charge in [-0.25, -0.2) is 4.39 Å². The molecule has 1 saturated carbocycles. The zero-order chi connectivity index (χ0) is 14.8. The molecule has 2 aliphatic rings. The van der Waals surface area contributed by atoms with Crippen molar-refractivity contribution in [1.29, 1.82) is 0 Å². The standard InChI is InChI=1S/C16H21FN2O2/c17-12-2-1-3-13(8-12)18-16(21)6-7-19-9-11-4-5-15(20)14(11)10-19/h1-3,8,11,14-15,20H,4-7,9-10H2,(H,18,21). The molecule has 5 heteroatoms. The molecule has 1 aromatic rings. The van der Waals surface area contributed by atoms with Crippen LogP contribution in [0, 0.1) is 17.7 Å². The van der Waals surface area contributed by atoms with E-state index in [4.69, 9.17) is 0 Å². The number of carbonyl (C=O) groups excluding carboxylic acids is 1. The van der Waals surface area contributed by atoms with Crippen molar-refractivity contribution >= 4 is 11.6 Å². The molecule has 0 bridgehead atoms. The van der Waals surface area contributed by atoms with E-state index in [0.29, 0.717) is 30.5 Å². The quantitative estimate of drug-likeness (QED) is 0.890. The van der Waals surface area contributed by atoms with Gasteiger partial charge in [0.25, 0.3) is 0 Å². The summed E-state index contributed by atoms with van der Waals surface area (Å²) in [6.07, 6.45) is 2.24. The Morgan fingerprint density at radius 1 is 1.38 bits per heavy atom. The summed E-state index contributed by atoms with van der Waals surface area (Å²) in [5.41, 5.74) is 0.494. The monoisotopic (exact) mass is 292 g/mol. The Balaban J connectivity index is 1.44. The third-order valence-corrected chi connectivity index (χ3v) is 4.66. The van der Waals surface area contributed by atoms with Gasteiger partial charge in [0.1, 0.15) is 5.82 Å². The van der Waals surface area contributed by atoms with Gasteiger partial charge in [-0.3, -0.25) is 4.79 Å². The Morgan fingerprint density at radius 3 is 3.00 bits per heavy atom. The molecule has 4 nitrogen and oxygen atoms in total. The van der Waals surface area contributed by atoms with E-state index in [-0.39, 0.29) is 17.8 Å². The molecule has 1 heterocycles. The number of aliphatic hydroxyl groups excluding tert-OH is 1. The normalized spacial score (nSPS) is 28.6. The van der Waals surface area contributed by atoms with Gasteiger partial charge in [0.05, 0.1) is 6.10 Å². The first kappa shape index (κ1) is 14.5. The zero-order valence-corrected chi connectivity index (χ0v) is 12.0. The molecular formula is C16H21FN2O2. The predicted molar refractivity (Wildman–Crippen MR) is 78.3 cm³/mol. The Labute approximate surface area is 124 Å². The van der Waals surface area contributed by atoms with Crippen LogP contribution in [0.4, 0.5) is 10.1 Å². The number of aliphatic hydroxyl groups is 1. The second-order valence-electron chi connectivity index (χ2n) is 6.14. The Hall–Kier alpha value is -1.46. The third kappa shape index (κ3) is 3.41. The van der Waals surface area contributed by atoms with Crippen molar-refractivity contribution in [1.82, 2.24) is 4.90 Å². The van der Waals surface area contributed by atoms with Crippen molar-refractivity contribution in [3.8, 4) is 0 Å². The fourth-order valence-electron chi connectivity index (χ4n) is 3.56. The zero-order valence-electron chi connectivity index (χ0n) is 12.0. The van der Waals surface area contributed by atoms with E-state index in [1.54, 1.807) is 12.1 Å². The average molecular weight is 292 g/mol. The van der Waals surface area contributed by atoms with Gasteiger partial charge < -0.3 is 15.3 Å². The first-order valence-electron chi connectivity index (χ1n) is 7.57. The number of rotatable bonds is 4. The Kier molecular flexibility index (Phi) is 4.22. The second kappa shape index (κ2) is 6.12. The smallest absolute Gasteiger partial charge is 0.225 e. The van der Waals surface area contributed by atoms with Crippen molar-refractivity contribution in [2.45, 2.75) is 25.4 Å². The number of hydrogen-bond donors (Lipinski definition) is 2. The number of likely N-dealkylation sites (tertiary alicyclic amines) is 1. The van der Waals surface area contributed by atoms with E-state index in [0.717, 1.165) is 25.9 Å². The molecule has 3 rings (SSSR count). The summed E-state index contributed by atoms with van der Waals surface area (Å²) in [6.45, 7) is 2.56. The van der Waals surface area contributed by atoms with Crippen LogP contribution in [0.2, 0.25) is 0 Å². The van der Waals surface area contributed by atoms with Crippen LogP contribution < -0.4 is 5.32 Å². The Bertz CT molecular complexity index is 523. The molecule has 0 aromatic heterocycles. The van der Waals surface area contributed by atoms with Crippen LogP contribution in [0.3, 0.4) is 0 Å². The number of fused-ring (bicyclic) bond motifs is 1. The topological polar surface area (TPSA) is 52.6 Å².